The van der Waals surface area contributed by atoms with Crippen molar-refractivity contribution in [3.63, 3.8) is 0 Å². The number of ether oxygens (including phenoxy) is 1. The van der Waals surface area contributed by atoms with Crippen LogP contribution in [0.25, 0.3) is 22.0 Å². The highest BCUT2D eigenvalue weighted by Gasteiger charge is 2.32. The average molecular weight is 385 g/mol. The van der Waals surface area contributed by atoms with E-state index in [0.717, 1.165) is 17.7 Å². The third kappa shape index (κ3) is 3.68. The lowest BCUT2D eigenvalue weighted by molar-refractivity contribution is 0.0175. The van der Waals surface area contributed by atoms with Crippen LogP contribution in [-0.4, -0.2) is 40.7 Å². The molecule has 146 valence electrons. The van der Waals surface area contributed by atoms with Crippen molar-refractivity contribution in [3.8, 4) is 11.3 Å². The Morgan fingerprint density at radius 1 is 1.11 bits per heavy atom. The highest BCUT2D eigenvalue weighted by Crippen LogP contribution is 2.33. The van der Waals surface area contributed by atoms with E-state index in [4.69, 9.17) is 4.74 Å². The number of nitrogens with one attached hydrogen (secondary N) is 1. The van der Waals surface area contributed by atoms with Crippen molar-refractivity contribution >= 4 is 16.6 Å². The maximum Gasteiger partial charge on any atom is 0.270 e. The van der Waals surface area contributed by atoms with Gasteiger partial charge in [0.1, 0.15) is 11.3 Å². The number of aromatic nitrogens is 2. The summed E-state index contributed by atoms with van der Waals surface area (Å²) in [4.78, 5) is 0. The smallest absolute Gasteiger partial charge is 0.270 e. The molecule has 4 rings (SSSR count). The second kappa shape index (κ2) is 7.07. The predicted octanol–water partition coefficient (Wildman–Crippen LogP) is 3.97. The summed E-state index contributed by atoms with van der Waals surface area (Å²) in [5.74, 6) is -2.32. The van der Waals surface area contributed by atoms with E-state index in [1.807, 2.05) is 24.3 Å². The number of benzene rings is 2. The van der Waals surface area contributed by atoms with Gasteiger partial charge in [-0.05, 0) is 0 Å². The number of hydrogen-bond donors (Lipinski definition) is 2. The largest absolute Gasteiger partial charge is 0.386 e. The van der Waals surface area contributed by atoms with E-state index in [2.05, 4.69) is 15.5 Å². The molecule has 28 heavy (non-hydrogen) atoms. The molecule has 0 bridgehead atoms. The highest BCUT2D eigenvalue weighted by atomic mass is 19.3. The summed E-state index contributed by atoms with van der Waals surface area (Å²) >= 11 is 0. The lowest BCUT2D eigenvalue weighted by Gasteiger charge is -2.21. The first-order valence-corrected chi connectivity index (χ1v) is 9.14. The molecular weight excluding hydrogens is 364 g/mol. The first kappa shape index (κ1) is 18.7. The lowest BCUT2D eigenvalue weighted by Crippen LogP contribution is -2.37. The van der Waals surface area contributed by atoms with E-state index in [1.165, 1.54) is 12.1 Å². The maximum atomic E-state index is 13.5. The molecule has 5 nitrogen and oxygen atoms in total. The van der Waals surface area contributed by atoms with Crippen LogP contribution in [0.1, 0.15) is 18.9 Å². The molecule has 0 spiro atoms. The van der Waals surface area contributed by atoms with Gasteiger partial charge in [-0.3, -0.25) is 0 Å². The molecule has 1 aliphatic rings. The van der Waals surface area contributed by atoms with Crippen LogP contribution in [0.5, 0.6) is 0 Å². The minimum absolute atomic E-state index is 0.0428. The first-order chi connectivity index (χ1) is 13.4. The Labute approximate surface area is 161 Å². The highest BCUT2D eigenvalue weighted by molar-refractivity contribution is 6.00. The van der Waals surface area contributed by atoms with Crippen molar-refractivity contribution in [2.45, 2.75) is 24.9 Å². The summed E-state index contributed by atoms with van der Waals surface area (Å²) in [6.07, 6.45) is 0.567. The molecule has 2 aromatic carbocycles. The SMILES string of the molecule is CC(F)(F)c1ccc(-c2nnc(NC[C@]3(O)CCOC3)c3ccccc23)cc1. The fourth-order valence-electron chi connectivity index (χ4n) is 3.35. The van der Waals surface area contributed by atoms with Gasteiger partial charge in [-0.25, -0.2) is 8.78 Å². The molecule has 2 N–H and O–H groups in total. The number of fused-ring (bicyclic) bond motifs is 1. The van der Waals surface area contributed by atoms with Gasteiger partial charge in [0.25, 0.3) is 5.92 Å². The van der Waals surface area contributed by atoms with Crippen LogP contribution in [0.3, 0.4) is 0 Å². The molecule has 1 aromatic heterocycles. The van der Waals surface area contributed by atoms with Crippen LogP contribution in [0.2, 0.25) is 0 Å². The molecule has 0 amide bonds. The van der Waals surface area contributed by atoms with Crippen LogP contribution in [-0.2, 0) is 10.7 Å². The van der Waals surface area contributed by atoms with E-state index < -0.39 is 11.5 Å². The summed E-state index contributed by atoms with van der Waals surface area (Å²) in [5, 5.41) is 23.9. The van der Waals surface area contributed by atoms with Crippen molar-refractivity contribution in [1.29, 1.82) is 0 Å². The van der Waals surface area contributed by atoms with Gasteiger partial charge >= 0.3 is 0 Å². The second-order valence-corrected chi connectivity index (χ2v) is 7.29. The normalized spacial score (nSPS) is 19.9. The maximum absolute atomic E-state index is 13.5. The summed E-state index contributed by atoms with van der Waals surface area (Å²) in [7, 11) is 0. The molecule has 0 saturated carbocycles. The predicted molar refractivity (Wildman–Crippen MR) is 103 cm³/mol. The minimum Gasteiger partial charge on any atom is -0.386 e. The van der Waals surface area contributed by atoms with E-state index in [0.29, 0.717) is 36.6 Å². The van der Waals surface area contributed by atoms with Crippen LogP contribution in [0, 0.1) is 0 Å². The van der Waals surface area contributed by atoms with Crippen molar-refractivity contribution < 1.29 is 18.6 Å². The third-order valence-electron chi connectivity index (χ3n) is 5.02. The third-order valence-corrected chi connectivity index (χ3v) is 5.02. The van der Waals surface area contributed by atoms with Gasteiger partial charge in [-0.1, -0.05) is 48.5 Å². The van der Waals surface area contributed by atoms with Gasteiger partial charge in [-0.15, -0.1) is 10.2 Å². The topological polar surface area (TPSA) is 67.3 Å². The van der Waals surface area contributed by atoms with Crippen LogP contribution < -0.4 is 5.32 Å². The van der Waals surface area contributed by atoms with Crippen molar-refractivity contribution in [2.75, 3.05) is 25.1 Å². The molecule has 0 radical (unpaired) electrons. The molecule has 3 aromatic rings. The zero-order chi connectivity index (χ0) is 19.8. The first-order valence-electron chi connectivity index (χ1n) is 9.14. The molecule has 1 saturated heterocycles. The number of rotatable bonds is 5. The second-order valence-electron chi connectivity index (χ2n) is 7.29. The number of alkyl halides is 2. The Morgan fingerprint density at radius 3 is 2.46 bits per heavy atom. The number of hydrogen-bond acceptors (Lipinski definition) is 5. The van der Waals surface area contributed by atoms with Gasteiger partial charge in [0.05, 0.1) is 6.61 Å². The zero-order valence-corrected chi connectivity index (χ0v) is 15.5. The quantitative estimate of drug-likeness (QED) is 0.696. The zero-order valence-electron chi connectivity index (χ0n) is 15.5. The van der Waals surface area contributed by atoms with Gasteiger partial charge in [0.15, 0.2) is 5.82 Å². The Bertz CT molecular complexity index is 981. The molecule has 7 heteroatoms. The van der Waals surface area contributed by atoms with E-state index in [1.54, 1.807) is 12.1 Å². The molecule has 0 unspecified atom stereocenters. The molecule has 2 heterocycles. The molecule has 1 atom stereocenters. The number of halogens is 2. The van der Waals surface area contributed by atoms with E-state index >= 15 is 0 Å². The van der Waals surface area contributed by atoms with Gasteiger partial charge in [0, 0.05) is 48.4 Å². The van der Waals surface area contributed by atoms with Crippen LogP contribution in [0.4, 0.5) is 14.6 Å². The Balaban J connectivity index is 1.67. The molecule has 0 aliphatic carbocycles. The monoisotopic (exact) mass is 385 g/mol. The Morgan fingerprint density at radius 2 is 1.82 bits per heavy atom. The summed E-state index contributed by atoms with van der Waals surface area (Å²) in [5.41, 5.74) is 0.378. The fraction of sp³-hybridized carbons (Fsp3) is 0.333. The molecular formula is C21H21F2N3O2. The number of anilines is 1. The van der Waals surface area contributed by atoms with Gasteiger partial charge < -0.3 is 15.2 Å². The average Bonchev–Trinajstić information content (AvgIpc) is 3.12. The van der Waals surface area contributed by atoms with Crippen molar-refractivity contribution in [2.24, 2.45) is 0 Å². The van der Waals surface area contributed by atoms with Crippen LogP contribution >= 0.6 is 0 Å². The lowest BCUT2D eigenvalue weighted by atomic mass is 10.0. The van der Waals surface area contributed by atoms with Gasteiger partial charge in [0.2, 0.25) is 0 Å². The summed E-state index contributed by atoms with van der Waals surface area (Å²) in [6, 6.07) is 13.7. The molecule has 1 fully saturated rings. The van der Waals surface area contributed by atoms with Gasteiger partial charge in [-0.2, -0.15) is 0 Å². The number of aliphatic hydroxyl groups is 1. The fourth-order valence-corrected chi connectivity index (χ4v) is 3.35. The Kier molecular flexibility index (Phi) is 4.72. The number of nitrogens with zero attached hydrogens (tertiary/aromatic N) is 2. The van der Waals surface area contributed by atoms with Crippen LogP contribution in [0.15, 0.2) is 48.5 Å². The Hall–Kier alpha value is -2.64. The van der Waals surface area contributed by atoms with E-state index in [-0.39, 0.29) is 12.2 Å². The van der Waals surface area contributed by atoms with Crippen molar-refractivity contribution in [1.82, 2.24) is 10.2 Å². The minimum atomic E-state index is -2.88. The van der Waals surface area contributed by atoms with Crippen molar-refractivity contribution in [3.05, 3.63) is 54.1 Å². The standard InChI is InChI=1S/C21H21F2N3O2/c1-20(22,23)15-8-6-14(7-9-15)18-16-4-2-3-5-17(16)19(26-25-18)24-12-21(27)10-11-28-13-21/h2-9,27H,10-13H2,1H3,(H,24,26)/t21-/m1/s1. The summed E-state index contributed by atoms with van der Waals surface area (Å²) < 4.78 is 32.2. The van der Waals surface area contributed by atoms with E-state index in [9.17, 15) is 13.9 Å². The summed E-state index contributed by atoms with van der Waals surface area (Å²) in [6.45, 7) is 2.01. The molecule has 1 aliphatic heterocycles.